The maximum atomic E-state index is 5.95. The Morgan fingerprint density at radius 1 is 1.13 bits per heavy atom. The first kappa shape index (κ1) is 23.4. The van der Waals surface area contributed by atoms with E-state index in [2.05, 4.69) is 16.5 Å². The number of nitrogens with zero attached hydrogens (tertiary/aromatic N) is 2. The predicted octanol–water partition coefficient (Wildman–Crippen LogP) is 7.10. The van der Waals surface area contributed by atoms with E-state index in [1.807, 2.05) is 72.8 Å². The molecule has 2 rings (SSSR count). The number of furan rings is 1. The second kappa shape index (κ2) is 15.0. The summed E-state index contributed by atoms with van der Waals surface area (Å²) in [7, 11) is 0. The van der Waals surface area contributed by atoms with Crippen LogP contribution in [0.5, 0.6) is 0 Å². The van der Waals surface area contributed by atoms with Crippen molar-refractivity contribution in [2.45, 2.75) is 48.5 Å². The highest BCUT2D eigenvalue weighted by molar-refractivity contribution is 6.33. The van der Waals surface area contributed by atoms with Crippen molar-refractivity contribution in [1.29, 1.82) is 0 Å². The molecule has 0 saturated heterocycles. The second-order valence-corrected chi connectivity index (χ2v) is 3.70. The Morgan fingerprint density at radius 3 is 2.22 bits per heavy atom. The van der Waals surface area contributed by atoms with Crippen molar-refractivity contribution in [2.24, 2.45) is 0 Å². The van der Waals surface area contributed by atoms with E-state index in [1.165, 1.54) is 6.33 Å². The number of halogens is 1. The molecule has 128 valence electrons. The van der Waals surface area contributed by atoms with E-state index in [-0.39, 0.29) is 0 Å². The first-order chi connectivity index (χ1) is 11.3. The number of rotatable bonds is 3. The fourth-order valence-corrected chi connectivity index (χ4v) is 1.60. The summed E-state index contributed by atoms with van der Waals surface area (Å²) >= 11 is 5.95. The Labute approximate surface area is 145 Å². The van der Waals surface area contributed by atoms with Crippen LogP contribution in [0.3, 0.4) is 0 Å². The van der Waals surface area contributed by atoms with Crippen LogP contribution in [-0.2, 0) is 0 Å². The molecule has 0 N–H and O–H groups in total. The van der Waals surface area contributed by atoms with Gasteiger partial charge in [-0.2, -0.15) is 0 Å². The summed E-state index contributed by atoms with van der Waals surface area (Å²) in [6.07, 6.45) is 8.85. The number of aromatic nitrogens is 2. The third kappa shape index (κ3) is 7.29. The monoisotopic (exact) mass is 336 g/mol. The number of hydrogen-bond acceptors (Lipinski definition) is 3. The molecule has 23 heavy (non-hydrogen) atoms. The number of allylic oxidation sites excluding steroid dienone is 5. The third-order valence-corrected chi connectivity index (χ3v) is 2.55. The maximum absolute atomic E-state index is 5.95. The van der Waals surface area contributed by atoms with E-state index < -0.39 is 0 Å². The lowest BCUT2D eigenvalue weighted by atomic mass is 10.2. The molecule has 0 aliphatic heterocycles. The largest absolute Gasteiger partial charge is 0.438 e. The summed E-state index contributed by atoms with van der Waals surface area (Å²) in [4.78, 5) is 7.92. The van der Waals surface area contributed by atoms with E-state index in [1.54, 1.807) is 6.08 Å². The fraction of sp³-hybridized carbons (Fsp3) is 0.368. The molecule has 0 bridgehead atoms. The molecule has 0 spiro atoms. The minimum Gasteiger partial charge on any atom is -0.438 e. The van der Waals surface area contributed by atoms with Gasteiger partial charge in [0.2, 0.25) is 5.71 Å². The van der Waals surface area contributed by atoms with Crippen LogP contribution in [0.4, 0.5) is 0 Å². The second-order valence-electron chi connectivity index (χ2n) is 3.35. The summed E-state index contributed by atoms with van der Waals surface area (Å²) in [6.45, 7) is 17.7. The van der Waals surface area contributed by atoms with Crippen LogP contribution >= 0.6 is 11.6 Å². The molecule has 0 fully saturated rings. The fourth-order valence-electron chi connectivity index (χ4n) is 1.42. The van der Waals surface area contributed by atoms with Gasteiger partial charge in [0.15, 0.2) is 0 Å². The molecule has 0 amide bonds. The molecule has 3 nitrogen and oxygen atoms in total. The average Bonchev–Trinajstić information content (AvgIpc) is 3.06. The zero-order valence-corrected chi connectivity index (χ0v) is 16.1. The van der Waals surface area contributed by atoms with Crippen LogP contribution in [0.2, 0.25) is 5.15 Å². The topological polar surface area (TPSA) is 38.9 Å². The van der Waals surface area contributed by atoms with E-state index >= 15 is 0 Å². The summed E-state index contributed by atoms with van der Waals surface area (Å²) in [5.41, 5.74) is 1.35. The highest BCUT2D eigenvalue weighted by atomic mass is 35.5. The van der Waals surface area contributed by atoms with Crippen molar-refractivity contribution >= 4 is 28.3 Å². The van der Waals surface area contributed by atoms with Gasteiger partial charge >= 0.3 is 0 Å². The lowest BCUT2D eigenvalue weighted by molar-refractivity contribution is 0.588. The molecule has 0 saturated carbocycles. The van der Waals surface area contributed by atoms with Crippen molar-refractivity contribution in [3.63, 3.8) is 0 Å². The van der Waals surface area contributed by atoms with Crippen molar-refractivity contribution in [2.75, 3.05) is 0 Å². The SMILES string of the molecule is C=C/C(=C\C=C/C)c1cc2c(Cl)ncnc2o1.CC.CC.CC. The molecule has 2 aromatic heterocycles. The van der Waals surface area contributed by atoms with Gasteiger partial charge in [0.1, 0.15) is 17.2 Å². The van der Waals surface area contributed by atoms with Crippen molar-refractivity contribution in [3.05, 3.63) is 54.2 Å². The molecular formula is C19H29ClN2O. The molecule has 0 atom stereocenters. The zero-order chi connectivity index (χ0) is 18.3. The van der Waals surface area contributed by atoms with Crippen molar-refractivity contribution in [3.8, 4) is 0 Å². The standard InChI is InChI=1S/C13H11ClN2O.3C2H6/c1-3-5-6-9(4-2)11-7-10-12(14)15-8-16-13(10)17-11;3*1-2/h3-8H,2H2,1H3;3*1-2H3/b5-3-,9-6+;;;. The molecule has 2 heterocycles. The first-order valence-electron chi connectivity index (χ1n) is 8.12. The van der Waals surface area contributed by atoms with Gasteiger partial charge in [-0.05, 0) is 13.0 Å². The van der Waals surface area contributed by atoms with Gasteiger partial charge in [-0.3, -0.25) is 0 Å². The quantitative estimate of drug-likeness (QED) is 0.443. The molecule has 0 unspecified atom stereocenters. The minimum atomic E-state index is 0.388. The predicted molar refractivity (Wildman–Crippen MR) is 104 cm³/mol. The van der Waals surface area contributed by atoms with Gasteiger partial charge in [0.05, 0.1) is 5.39 Å². The summed E-state index contributed by atoms with van der Waals surface area (Å²) in [5, 5.41) is 1.09. The van der Waals surface area contributed by atoms with Gasteiger partial charge in [0.25, 0.3) is 0 Å². The van der Waals surface area contributed by atoms with Crippen LogP contribution in [0.1, 0.15) is 54.2 Å². The van der Waals surface area contributed by atoms with Crippen molar-refractivity contribution < 1.29 is 4.42 Å². The van der Waals surface area contributed by atoms with Crippen LogP contribution < -0.4 is 0 Å². The van der Waals surface area contributed by atoms with Crippen LogP contribution in [0, 0.1) is 0 Å². The normalized spacial score (nSPS) is 10.0. The Bertz CT molecular complexity index is 613. The lowest BCUT2D eigenvalue weighted by Gasteiger charge is -1.93. The third-order valence-electron chi connectivity index (χ3n) is 2.25. The van der Waals surface area contributed by atoms with Gasteiger partial charge in [-0.1, -0.05) is 84.0 Å². The van der Waals surface area contributed by atoms with Gasteiger partial charge < -0.3 is 4.42 Å². The Morgan fingerprint density at radius 2 is 1.74 bits per heavy atom. The molecule has 2 aromatic rings. The first-order valence-corrected chi connectivity index (χ1v) is 8.50. The molecule has 0 radical (unpaired) electrons. The zero-order valence-electron chi connectivity index (χ0n) is 15.4. The summed E-state index contributed by atoms with van der Waals surface area (Å²) in [5.74, 6) is 0.676. The van der Waals surface area contributed by atoms with Crippen LogP contribution in [0.15, 0.2) is 47.7 Å². The molecule has 4 heteroatoms. The maximum Gasteiger partial charge on any atom is 0.231 e. The molecule has 0 aromatic carbocycles. The van der Waals surface area contributed by atoms with E-state index in [0.29, 0.717) is 22.0 Å². The molecular weight excluding hydrogens is 308 g/mol. The van der Waals surface area contributed by atoms with Gasteiger partial charge in [-0.15, -0.1) is 0 Å². The average molecular weight is 337 g/mol. The summed E-state index contributed by atoms with van der Waals surface area (Å²) in [6, 6.07) is 1.81. The summed E-state index contributed by atoms with van der Waals surface area (Å²) < 4.78 is 5.59. The van der Waals surface area contributed by atoms with Crippen molar-refractivity contribution in [1.82, 2.24) is 9.97 Å². The lowest BCUT2D eigenvalue weighted by Crippen LogP contribution is -1.77. The minimum absolute atomic E-state index is 0.388. The van der Waals surface area contributed by atoms with Crippen LogP contribution in [-0.4, -0.2) is 9.97 Å². The Balaban J connectivity index is 0. The van der Waals surface area contributed by atoms with Gasteiger partial charge in [-0.25, -0.2) is 9.97 Å². The van der Waals surface area contributed by atoms with E-state index in [9.17, 15) is 0 Å². The highest BCUT2D eigenvalue weighted by Gasteiger charge is 2.10. The number of hydrogen-bond donors (Lipinski definition) is 0. The molecule has 0 aliphatic carbocycles. The van der Waals surface area contributed by atoms with Crippen LogP contribution in [0.25, 0.3) is 16.7 Å². The highest BCUT2D eigenvalue weighted by Crippen LogP contribution is 2.27. The Kier molecular flexibility index (Phi) is 15.3. The number of fused-ring (bicyclic) bond motifs is 1. The van der Waals surface area contributed by atoms with E-state index in [4.69, 9.17) is 16.0 Å². The Hall–Kier alpha value is -1.87. The van der Waals surface area contributed by atoms with E-state index in [0.717, 1.165) is 5.57 Å². The molecule has 0 aliphatic rings. The van der Waals surface area contributed by atoms with Gasteiger partial charge in [0, 0.05) is 5.57 Å². The smallest absolute Gasteiger partial charge is 0.231 e.